The van der Waals surface area contributed by atoms with Crippen molar-refractivity contribution in [1.29, 1.82) is 0 Å². The first-order chi connectivity index (χ1) is 7.15. The van der Waals surface area contributed by atoms with E-state index in [4.69, 9.17) is 0 Å². The molecule has 4 heteroatoms. The third kappa shape index (κ3) is 1.46. The lowest BCUT2D eigenvalue weighted by atomic mass is 10.0. The van der Waals surface area contributed by atoms with E-state index in [0.717, 1.165) is 0 Å². The number of ether oxygens (including phenoxy) is 1. The molecule has 0 saturated heterocycles. The van der Waals surface area contributed by atoms with E-state index < -0.39 is 0 Å². The molecule has 0 N–H and O–H groups in total. The van der Waals surface area contributed by atoms with Crippen LogP contribution in [-0.4, -0.2) is 36.0 Å². The van der Waals surface area contributed by atoms with Crippen molar-refractivity contribution in [2.24, 2.45) is 0 Å². The Balaban J connectivity index is 2.30. The van der Waals surface area contributed by atoms with Gasteiger partial charge in [-0.05, 0) is 6.42 Å². The van der Waals surface area contributed by atoms with Crippen molar-refractivity contribution < 1.29 is 14.3 Å². The minimum Gasteiger partial charge on any atom is -0.466 e. The summed E-state index contributed by atoms with van der Waals surface area (Å²) in [6, 6.07) is -0.116. The zero-order valence-electron chi connectivity index (χ0n) is 8.77. The van der Waals surface area contributed by atoms with E-state index in [1.165, 1.54) is 14.0 Å². The van der Waals surface area contributed by atoms with Crippen LogP contribution in [0.2, 0.25) is 0 Å². The number of carbonyl (C=O) groups excluding carboxylic acids is 2. The Labute approximate surface area is 88.2 Å². The van der Waals surface area contributed by atoms with Crippen LogP contribution in [0.3, 0.4) is 0 Å². The summed E-state index contributed by atoms with van der Waals surface area (Å²) in [5.74, 6) is -0.360. The molecule has 2 bridgehead atoms. The maximum absolute atomic E-state index is 11.5. The van der Waals surface area contributed by atoms with Crippen LogP contribution in [0.15, 0.2) is 23.8 Å². The smallest absolute Gasteiger partial charge is 0.335 e. The fourth-order valence-corrected chi connectivity index (χ4v) is 2.19. The lowest BCUT2D eigenvalue weighted by molar-refractivity contribution is -0.138. The Morgan fingerprint density at radius 1 is 1.47 bits per heavy atom. The summed E-state index contributed by atoms with van der Waals surface area (Å²) in [5.41, 5.74) is 0.567. The van der Waals surface area contributed by atoms with Crippen LogP contribution in [0.1, 0.15) is 13.3 Å². The summed E-state index contributed by atoms with van der Waals surface area (Å²) >= 11 is 0. The van der Waals surface area contributed by atoms with Crippen LogP contribution >= 0.6 is 0 Å². The molecule has 15 heavy (non-hydrogen) atoms. The largest absolute Gasteiger partial charge is 0.466 e. The first kappa shape index (κ1) is 9.96. The first-order valence-electron chi connectivity index (χ1n) is 4.90. The van der Waals surface area contributed by atoms with Gasteiger partial charge in [0.25, 0.3) is 0 Å². The summed E-state index contributed by atoms with van der Waals surface area (Å²) in [5, 5.41) is 0. The number of esters is 1. The monoisotopic (exact) mass is 207 g/mol. The SMILES string of the molecule is COC(=O)C1=CC[C@@H]2C=C[C@H]1N2C(C)=O. The molecule has 2 rings (SSSR count). The average molecular weight is 207 g/mol. The van der Waals surface area contributed by atoms with Crippen molar-refractivity contribution >= 4 is 11.9 Å². The summed E-state index contributed by atoms with van der Waals surface area (Å²) in [7, 11) is 1.35. The molecule has 2 heterocycles. The second-order valence-corrected chi connectivity index (χ2v) is 3.71. The second-order valence-electron chi connectivity index (χ2n) is 3.71. The highest BCUT2D eigenvalue weighted by molar-refractivity contribution is 5.92. The van der Waals surface area contributed by atoms with E-state index in [1.807, 2.05) is 18.2 Å². The molecule has 0 fully saturated rings. The Bertz CT molecular complexity index is 370. The quantitative estimate of drug-likeness (QED) is 0.468. The van der Waals surface area contributed by atoms with Crippen molar-refractivity contribution in [3.8, 4) is 0 Å². The van der Waals surface area contributed by atoms with Crippen molar-refractivity contribution in [3.63, 3.8) is 0 Å². The maximum atomic E-state index is 11.5. The van der Waals surface area contributed by atoms with Crippen LogP contribution in [0.25, 0.3) is 0 Å². The van der Waals surface area contributed by atoms with Gasteiger partial charge in [-0.25, -0.2) is 4.79 Å². The fraction of sp³-hybridized carbons (Fsp3) is 0.455. The van der Waals surface area contributed by atoms with E-state index in [0.29, 0.717) is 12.0 Å². The molecule has 4 nitrogen and oxygen atoms in total. The van der Waals surface area contributed by atoms with E-state index in [9.17, 15) is 9.59 Å². The fourth-order valence-electron chi connectivity index (χ4n) is 2.19. The van der Waals surface area contributed by atoms with Crippen molar-refractivity contribution in [2.75, 3.05) is 7.11 Å². The number of methoxy groups -OCH3 is 1. The number of rotatable bonds is 1. The van der Waals surface area contributed by atoms with Gasteiger partial charge in [0.1, 0.15) is 0 Å². The van der Waals surface area contributed by atoms with Gasteiger partial charge < -0.3 is 9.64 Å². The summed E-state index contributed by atoms with van der Waals surface area (Å²) in [4.78, 5) is 24.6. The number of hydrogen-bond donors (Lipinski definition) is 0. The molecule has 0 saturated carbocycles. The van der Waals surface area contributed by atoms with Crippen LogP contribution in [0.4, 0.5) is 0 Å². The molecule has 0 spiro atoms. The number of nitrogens with zero attached hydrogens (tertiary/aromatic N) is 1. The summed E-state index contributed by atoms with van der Waals surface area (Å²) < 4.78 is 4.69. The molecule has 2 aliphatic heterocycles. The van der Waals surface area contributed by atoms with Crippen molar-refractivity contribution in [3.05, 3.63) is 23.8 Å². The Hall–Kier alpha value is -1.58. The lowest BCUT2D eigenvalue weighted by Gasteiger charge is -2.33. The van der Waals surface area contributed by atoms with Crippen LogP contribution in [0.5, 0.6) is 0 Å². The number of fused-ring (bicyclic) bond motifs is 2. The molecule has 0 aromatic carbocycles. The normalized spacial score (nSPS) is 27.6. The van der Waals surface area contributed by atoms with Crippen molar-refractivity contribution in [1.82, 2.24) is 4.90 Å². The number of carbonyl (C=O) groups is 2. The zero-order valence-corrected chi connectivity index (χ0v) is 8.77. The summed E-state index contributed by atoms with van der Waals surface area (Å²) in [6.45, 7) is 1.52. The molecule has 1 amide bonds. The standard InChI is InChI=1S/C11H13NO3/c1-7(13)12-8-3-5-9(11(14)15-2)10(12)6-4-8/h4-6,8,10H,3H2,1-2H3/t8-,10-/m1/s1. The van der Waals surface area contributed by atoms with E-state index in [-0.39, 0.29) is 24.0 Å². The molecule has 0 aliphatic carbocycles. The highest BCUT2D eigenvalue weighted by Crippen LogP contribution is 2.30. The highest BCUT2D eigenvalue weighted by Gasteiger charge is 2.38. The van der Waals surface area contributed by atoms with E-state index >= 15 is 0 Å². The molecule has 2 atom stereocenters. The van der Waals surface area contributed by atoms with Gasteiger partial charge in [0.15, 0.2) is 0 Å². The van der Waals surface area contributed by atoms with Crippen LogP contribution < -0.4 is 0 Å². The van der Waals surface area contributed by atoms with Gasteiger partial charge in [0, 0.05) is 6.92 Å². The topological polar surface area (TPSA) is 46.6 Å². The third-order valence-corrected chi connectivity index (χ3v) is 2.86. The molecular formula is C11H13NO3. The molecular weight excluding hydrogens is 194 g/mol. The van der Waals surface area contributed by atoms with Crippen LogP contribution in [0, 0.1) is 0 Å². The predicted octanol–water partition coefficient (Wildman–Crippen LogP) is 0.645. The van der Waals surface area contributed by atoms with Gasteiger partial charge in [-0.3, -0.25) is 4.79 Å². The van der Waals surface area contributed by atoms with Gasteiger partial charge >= 0.3 is 5.97 Å². The Morgan fingerprint density at radius 2 is 2.20 bits per heavy atom. The van der Waals surface area contributed by atoms with Gasteiger partial charge in [-0.2, -0.15) is 0 Å². The average Bonchev–Trinajstić information content (AvgIpc) is 2.52. The summed E-state index contributed by atoms with van der Waals surface area (Å²) in [6.07, 6.45) is 6.41. The Morgan fingerprint density at radius 3 is 2.80 bits per heavy atom. The van der Waals surface area contributed by atoms with Crippen LogP contribution in [-0.2, 0) is 14.3 Å². The van der Waals surface area contributed by atoms with Gasteiger partial charge in [0.2, 0.25) is 5.91 Å². The van der Waals surface area contributed by atoms with E-state index in [2.05, 4.69) is 4.74 Å². The highest BCUT2D eigenvalue weighted by atomic mass is 16.5. The van der Waals surface area contributed by atoms with Gasteiger partial charge in [-0.1, -0.05) is 18.2 Å². The van der Waals surface area contributed by atoms with Gasteiger partial charge in [-0.15, -0.1) is 0 Å². The van der Waals surface area contributed by atoms with Crippen molar-refractivity contribution in [2.45, 2.75) is 25.4 Å². The predicted molar refractivity (Wildman–Crippen MR) is 54.0 cm³/mol. The maximum Gasteiger partial charge on any atom is 0.335 e. The lowest BCUT2D eigenvalue weighted by Crippen LogP contribution is -2.45. The molecule has 80 valence electrons. The molecule has 0 aromatic heterocycles. The minimum absolute atomic E-state index is 0.00972. The van der Waals surface area contributed by atoms with E-state index in [1.54, 1.807) is 4.90 Å². The van der Waals surface area contributed by atoms with Gasteiger partial charge in [0.05, 0.1) is 24.8 Å². The number of hydrogen-bond acceptors (Lipinski definition) is 3. The molecule has 2 aliphatic rings. The first-order valence-corrected chi connectivity index (χ1v) is 4.90. The molecule has 0 aromatic rings. The molecule has 0 unspecified atom stereocenters. The second kappa shape index (κ2) is 3.53. The minimum atomic E-state index is -0.351. The third-order valence-electron chi connectivity index (χ3n) is 2.86. The Kier molecular flexibility index (Phi) is 2.34. The zero-order chi connectivity index (χ0) is 11.0. The number of amides is 1. The molecule has 0 radical (unpaired) electrons.